The lowest BCUT2D eigenvalue weighted by atomic mass is 10.2. The lowest BCUT2D eigenvalue weighted by molar-refractivity contribution is -0.131. The zero-order valence-corrected chi connectivity index (χ0v) is 18.2. The summed E-state index contributed by atoms with van der Waals surface area (Å²) in [5, 5.41) is 3.91. The molecule has 1 N–H and O–H groups in total. The van der Waals surface area contributed by atoms with Gasteiger partial charge in [0, 0.05) is 19.5 Å². The number of amides is 1. The fraction of sp³-hybridized carbons (Fsp3) is 0.0870. The third-order valence-electron chi connectivity index (χ3n) is 4.42. The van der Waals surface area contributed by atoms with Crippen molar-refractivity contribution in [3.05, 3.63) is 90.0 Å². The van der Waals surface area contributed by atoms with Gasteiger partial charge in [-0.25, -0.2) is 13.8 Å². The molecule has 32 heavy (non-hydrogen) atoms. The van der Waals surface area contributed by atoms with E-state index in [9.17, 15) is 18.0 Å². The molecule has 9 heteroatoms. The first-order valence-electron chi connectivity index (χ1n) is 9.53. The predicted octanol–water partition coefficient (Wildman–Crippen LogP) is 3.20. The van der Waals surface area contributed by atoms with Crippen molar-refractivity contribution in [2.24, 2.45) is 5.10 Å². The second-order valence-corrected chi connectivity index (χ2v) is 8.66. The summed E-state index contributed by atoms with van der Waals surface area (Å²) in [6.45, 7) is 1.32. The SMILES string of the molecule is CC(=O)Oc1ccc(C=NNC(=O)c2ccc(N(C)S(=O)(=O)c3ccccc3)cc2)cc1. The summed E-state index contributed by atoms with van der Waals surface area (Å²) in [6.07, 6.45) is 1.45. The molecule has 0 aliphatic carbocycles. The number of carbonyl (C=O) groups is 2. The fourth-order valence-corrected chi connectivity index (χ4v) is 3.95. The number of ether oxygens (including phenoxy) is 1. The normalized spacial score (nSPS) is 11.2. The van der Waals surface area contributed by atoms with Crippen molar-refractivity contribution in [1.29, 1.82) is 0 Å². The number of hydrogen-bond acceptors (Lipinski definition) is 6. The van der Waals surface area contributed by atoms with Gasteiger partial charge in [0.25, 0.3) is 15.9 Å². The molecule has 0 radical (unpaired) electrons. The molecule has 1 amide bonds. The van der Waals surface area contributed by atoms with Gasteiger partial charge in [-0.2, -0.15) is 5.10 Å². The highest BCUT2D eigenvalue weighted by molar-refractivity contribution is 7.92. The third-order valence-corrected chi connectivity index (χ3v) is 6.22. The van der Waals surface area contributed by atoms with Crippen molar-refractivity contribution < 1.29 is 22.7 Å². The first-order valence-corrected chi connectivity index (χ1v) is 11.0. The Morgan fingerprint density at radius 3 is 2.16 bits per heavy atom. The average molecular weight is 452 g/mol. The Morgan fingerprint density at radius 1 is 0.938 bits per heavy atom. The van der Waals surface area contributed by atoms with Crippen molar-refractivity contribution in [3.8, 4) is 5.75 Å². The van der Waals surface area contributed by atoms with Gasteiger partial charge in [0.2, 0.25) is 0 Å². The maximum absolute atomic E-state index is 12.7. The zero-order valence-electron chi connectivity index (χ0n) is 17.4. The number of anilines is 1. The van der Waals surface area contributed by atoms with Crippen LogP contribution in [0.3, 0.4) is 0 Å². The monoisotopic (exact) mass is 451 g/mol. The molecule has 0 aliphatic rings. The molecular formula is C23H21N3O5S. The Morgan fingerprint density at radius 2 is 1.56 bits per heavy atom. The number of sulfonamides is 1. The van der Waals surface area contributed by atoms with Crippen molar-refractivity contribution >= 4 is 33.8 Å². The molecule has 0 aliphatic heterocycles. The van der Waals surface area contributed by atoms with E-state index >= 15 is 0 Å². The molecule has 0 saturated carbocycles. The first kappa shape index (κ1) is 22.7. The maximum atomic E-state index is 12.7. The van der Waals surface area contributed by atoms with Crippen molar-refractivity contribution in [1.82, 2.24) is 5.43 Å². The van der Waals surface area contributed by atoms with Crippen LogP contribution in [0.5, 0.6) is 5.75 Å². The van der Waals surface area contributed by atoms with E-state index in [-0.39, 0.29) is 4.90 Å². The van der Waals surface area contributed by atoms with Crippen molar-refractivity contribution in [2.45, 2.75) is 11.8 Å². The molecule has 0 bridgehead atoms. The van der Waals surface area contributed by atoms with E-state index in [1.165, 1.54) is 44.5 Å². The minimum atomic E-state index is -3.70. The van der Waals surface area contributed by atoms with E-state index in [0.717, 1.165) is 4.31 Å². The van der Waals surface area contributed by atoms with Gasteiger partial charge >= 0.3 is 5.97 Å². The van der Waals surface area contributed by atoms with E-state index in [1.54, 1.807) is 54.6 Å². The maximum Gasteiger partial charge on any atom is 0.308 e. The van der Waals surface area contributed by atoms with Crippen LogP contribution in [-0.2, 0) is 14.8 Å². The van der Waals surface area contributed by atoms with Gasteiger partial charge in [0.1, 0.15) is 5.75 Å². The zero-order chi connectivity index (χ0) is 23.1. The molecule has 3 aromatic rings. The van der Waals surface area contributed by atoms with E-state index < -0.39 is 21.9 Å². The highest BCUT2D eigenvalue weighted by atomic mass is 32.2. The molecule has 0 saturated heterocycles. The van der Waals surface area contributed by atoms with Crippen LogP contribution >= 0.6 is 0 Å². The van der Waals surface area contributed by atoms with Gasteiger partial charge in [-0.1, -0.05) is 18.2 Å². The molecule has 0 aromatic heterocycles. The molecule has 164 valence electrons. The number of rotatable bonds is 7. The predicted molar refractivity (Wildman–Crippen MR) is 121 cm³/mol. The largest absolute Gasteiger partial charge is 0.427 e. The van der Waals surface area contributed by atoms with Crippen LogP contribution < -0.4 is 14.5 Å². The molecule has 0 fully saturated rings. The summed E-state index contributed by atoms with van der Waals surface area (Å²) < 4.78 is 31.5. The molecular weight excluding hydrogens is 430 g/mol. The molecule has 0 spiro atoms. The van der Waals surface area contributed by atoms with Gasteiger partial charge in [-0.3, -0.25) is 13.9 Å². The summed E-state index contributed by atoms with van der Waals surface area (Å²) >= 11 is 0. The quantitative estimate of drug-likeness (QED) is 0.257. The Hall–Kier alpha value is -3.98. The number of benzene rings is 3. The van der Waals surface area contributed by atoms with E-state index in [2.05, 4.69) is 10.5 Å². The molecule has 3 rings (SSSR count). The fourth-order valence-electron chi connectivity index (χ4n) is 2.73. The summed E-state index contributed by atoms with van der Waals surface area (Å²) in [5.74, 6) is -0.440. The molecule has 3 aromatic carbocycles. The number of nitrogens with one attached hydrogen (secondary N) is 1. The topological polar surface area (TPSA) is 105 Å². The highest BCUT2D eigenvalue weighted by Crippen LogP contribution is 2.22. The van der Waals surface area contributed by atoms with Crippen LogP contribution in [0.2, 0.25) is 0 Å². The summed E-state index contributed by atoms with van der Waals surface area (Å²) in [5.41, 5.74) is 3.85. The Balaban J connectivity index is 1.62. The van der Waals surface area contributed by atoms with Crippen LogP contribution in [0, 0.1) is 0 Å². The second-order valence-electron chi connectivity index (χ2n) is 6.69. The summed E-state index contributed by atoms with van der Waals surface area (Å²) in [7, 11) is -2.25. The van der Waals surface area contributed by atoms with Crippen molar-refractivity contribution in [3.63, 3.8) is 0 Å². The van der Waals surface area contributed by atoms with E-state index in [4.69, 9.17) is 4.74 Å². The van der Waals surface area contributed by atoms with Gasteiger partial charge in [-0.05, 0) is 66.2 Å². The van der Waals surface area contributed by atoms with Crippen LogP contribution in [0.25, 0.3) is 0 Å². The minimum absolute atomic E-state index is 0.180. The van der Waals surface area contributed by atoms with Gasteiger partial charge in [0.15, 0.2) is 0 Å². The summed E-state index contributed by atoms with van der Waals surface area (Å²) in [4.78, 5) is 23.4. The van der Waals surface area contributed by atoms with Gasteiger partial charge in [-0.15, -0.1) is 0 Å². The number of carbonyl (C=O) groups excluding carboxylic acids is 2. The van der Waals surface area contributed by atoms with Crippen LogP contribution in [0.1, 0.15) is 22.8 Å². The summed E-state index contributed by atoms with van der Waals surface area (Å²) in [6, 6.07) is 20.8. The van der Waals surface area contributed by atoms with Gasteiger partial charge in [0.05, 0.1) is 16.8 Å². The standard InChI is InChI=1S/C23H21N3O5S/c1-17(27)31-21-14-8-18(9-15-21)16-24-25-23(28)19-10-12-20(13-11-19)26(2)32(29,30)22-6-4-3-5-7-22/h3-16H,1-2H3,(H,25,28). The van der Waals surface area contributed by atoms with E-state index in [0.29, 0.717) is 22.6 Å². The lowest BCUT2D eigenvalue weighted by Gasteiger charge is -2.19. The van der Waals surface area contributed by atoms with Crippen LogP contribution in [0.4, 0.5) is 5.69 Å². The molecule has 0 heterocycles. The van der Waals surface area contributed by atoms with Gasteiger partial charge < -0.3 is 4.74 Å². The van der Waals surface area contributed by atoms with Crippen LogP contribution in [0.15, 0.2) is 88.9 Å². The Labute approximate surface area is 186 Å². The van der Waals surface area contributed by atoms with Crippen molar-refractivity contribution in [2.75, 3.05) is 11.4 Å². The van der Waals surface area contributed by atoms with Crippen LogP contribution in [-0.4, -0.2) is 33.6 Å². The minimum Gasteiger partial charge on any atom is -0.427 e. The number of hydrazone groups is 1. The Kier molecular flexibility index (Phi) is 7.01. The highest BCUT2D eigenvalue weighted by Gasteiger charge is 2.21. The number of esters is 1. The second kappa shape index (κ2) is 9.88. The molecule has 0 atom stereocenters. The van der Waals surface area contributed by atoms with E-state index in [1.807, 2.05) is 0 Å². The third kappa shape index (κ3) is 5.58. The number of nitrogens with zero attached hydrogens (tertiary/aromatic N) is 2. The smallest absolute Gasteiger partial charge is 0.308 e. The first-order chi connectivity index (χ1) is 15.3. The number of hydrogen-bond donors (Lipinski definition) is 1. The molecule has 0 unspecified atom stereocenters. The average Bonchev–Trinajstić information content (AvgIpc) is 2.80. The molecule has 8 nitrogen and oxygen atoms in total. The lowest BCUT2D eigenvalue weighted by Crippen LogP contribution is -2.26. The Bertz CT molecular complexity index is 1220.